The van der Waals surface area contributed by atoms with Gasteiger partial charge < -0.3 is 5.32 Å². The van der Waals surface area contributed by atoms with E-state index in [-0.39, 0.29) is 5.91 Å². The molecule has 186 valence electrons. The minimum atomic E-state index is -2.41. The summed E-state index contributed by atoms with van der Waals surface area (Å²) in [5.74, 6) is 4.08. The molecule has 1 unspecified atom stereocenters. The van der Waals surface area contributed by atoms with Crippen molar-refractivity contribution in [3.05, 3.63) is 66.2 Å². The van der Waals surface area contributed by atoms with E-state index in [4.69, 9.17) is 0 Å². The van der Waals surface area contributed by atoms with Gasteiger partial charge in [0.15, 0.2) is 5.69 Å². The molecule has 0 saturated carbocycles. The SMILES string of the molecule is C=S(C)(=O)c1ccc(NC(=O)c2n[nH]c3ccc(-c4cncc(CN5CCC(C)CC5)c4)cc23)cn1. The van der Waals surface area contributed by atoms with E-state index < -0.39 is 9.52 Å². The summed E-state index contributed by atoms with van der Waals surface area (Å²) in [6.45, 7) is 5.45. The molecule has 1 fully saturated rings. The number of anilines is 1. The molecule has 1 aliphatic rings. The Morgan fingerprint density at radius 2 is 1.94 bits per heavy atom. The highest BCUT2D eigenvalue weighted by Crippen LogP contribution is 2.27. The third-order valence-electron chi connectivity index (χ3n) is 6.63. The van der Waals surface area contributed by atoms with E-state index in [9.17, 15) is 9.00 Å². The number of piperidine rings is 1. The van der Waals surface area contributed by atoms with Gasteiger partial charge >= 0.3 is 0 Å². The molecule has 5 rings (SSSR count). The monoisotopic (exact) mass is 502 g/mol. The molecule has 2 N–H and O–H groups in total. The maximum atomic E-state index is 13.0. The molecule has 0 aliphatic carbocycles. The largest absolute Gasteiger partial charge is 0.319 e. The van der Waals surface area contributed by atoms with Gasteiger partial charge in [0, 0.05) is 45.7 Å². The van der Waals surface area contributed by atoms with Crippen LogP contribution in [-0.2, 0) is 16.1 Å². The van der Waals surface area contributed by atoms with Crippen LogP contribution in [0.15, 0.2) is 60.0 Å². The van der Waals surface area contributed by atoms with Gasteiger partial charge in [-0.2, -0.15) is 5.10 Å². The van der Waals surface area contributed by atoms with Crippen molar-refractivity contribution in [3.8, 4) is 11.1 Å². The normalized spacial score (nSPS) is 16.6. The van der Waals surface area contributed by atoms with Crippen molar-refractivity contribution in [2.75, 3.05) is 24.7 Å². The summed E-state index contributed by atoms with van der Waals surface area (Å²) in [4.78, 5) is 24.1. The second-order valence-electron chi connectivity index (χ2n) is 9.72. The zero-order valence-electron chi connectivity index (χ0n) is 20.5. The van der Waals surface area contributed by atoms with Crippen molar-refractivity contribution < 1.29 is 9.00 Å². The summed E-state index contributed by atoms with van der Waals surface area (Å²) in [6, 6.07) is 11.3. The van der Waals surface area contributed by atoms with Gasteiger partial charge in [-0.3, -0.25) is 24.0 Å². The zero-order chi connectivity index (χ0) is 25.3. The fraction of sp³-hybridized carbons (Fsp3) is 0.296. The Morgan fingerprint density at radius 3 is 2.67 bits per heavy atom. The van der Waals surface area contributed by atoms with Crippen LogP contribution in [0, 0.1) is 5.92 Å². The number of carbonyl (C=O) groups excluding carboxylic acids is 1. The van der Waals surface area contributed by atoms with Crippen molar-refractivity contribution in [1.29, 1.82) is 0 Å². The Kier molecular flexibility index (Phi) is 6.59. The fourth-order valence-corrected chi connectivity index (χ4v) is 5.11. The molecule has 1 aliphatic heterocycles. The van der Waals surface area contributed by atoms with Crippen LogP contribution in [0.3, 0.4) is 0 Å². The van der Waals surface area contributed by atoms with Crippen molar-refractivity contribution in [1.82, 2.24) is 25.1 Å². The van der Waals surface area contributed by atoms with E-state index in [1.807, 2.05) is 30.6 Å². The number of benzene rings is 1. The molecule has 0 radical (unpaired) electrons. The number of hydrogen-bond donors (Lipinski definition) is 2. The lowest BCUT2D eigenvalue weighted by Crippen LogP contribution is -2.32. The number of nitrogens with zero attached hydrogens (tertiary/aromatic N) is 4. The summed E-state index contributed by atoms with van der Waals surface area (Å²) < 4.78 is 12.1. The zero-order valence-corrected chi connectivity index (χ0v) is 21.3. The summed E-state index contributed by atoms with van der Waals surface area (Å²) in [7, 11) is -2.41. The van der Waals surface area contributed by atoms with Crippen LogP contribution in [0.1, 0.15) is 35.8 Å². The first kappa shape index (κ1) is 24.1. The lowest BCUT2D eigenvalue weighted by Gasteiger charge is -2.30. The minimum Gasteiger partial charge on any atom is -0.319 e. The number of carbonyl (C=O) groups is 1. The highest BCUT2D eigenvalue weighted by Gasteiger charge is 2.18. The topological polar surface area (TPSA) is 104 Å². The second kappa shape index (κ2) is 9.83. The van der Waals surface area contributed by atoms with Crippen LogP contribution in [0.2, 0.25) is 0 Å². The first-order valence-corrected chi connectivity index (χ1v) is 14.1. The number of rotatable bonds is 6. The summed E-state index contributed by atoms with van der Waals surface area (Å²) in [5, 5.41) is 11.1. The number of aromatic nitrogens is 4. The second-order valence-corrected chi connectivity index (χ2v) is 12.1. The molecule has 1 atom stereocenters. The average molecular weight is 503 g/mol. The Labute approximate surface area is 211 Å². The van der Waals surface area contributed by atoms with Gasteiger partial charge in [0.2, 0.25) is 0 Å². The number of aromatic amines is 1. The minimum absolute atomic E-state index is 0.291. The Bertz CT molecular complexity index is 1500. The van der Waals surface area contributed by atoms with Gasteiger partial charge in [0.1, 0.15) is 5.03 Å². The number of nitrogens with one attached hydrogen (secondary N) is 2. The summed E-state index contributed by atoms with van der Waals surface area (Å²) in [5.41, 5.74) is 4.71. The van der Waals surface area contributed by atoms with Crippen LogP contribution in [0.5, 0.6) is 0 Å². The molecule has 9 heteroatoms. The Balaban J connectivity index is 1.36. The van der Waals surface area contributed by atoms with Gasteiger partial charge in [-0.15, -0.1) is 0 Å². The van der Waals surface area contributed by atoms with E-state index in [2.05, 4.69) is 49.2 Å². The number of likely N-dealkylation sites (tertiary alicyclic amines) is 1. The molecule has 0 bridgehead atoms. The van der Waals surface area contributed by atoms with E-state index in [0.29, 0.717) is 16.4 Å². The summed E-state index contributed by atoms with van der Waals surface area (Å²) >= 11 is 0. The third kappa shape index (κ3) is 5.32. The van der Waals surface area contributed by atoms with Gasteiger partial charge in [-0.05, 0) is 79.2 Å². The molecular formula is C27H30N6O2S. The van der Waals surface area contributed by atoms with Gasteiger partial charge in [0.25, 0.3) is 5.91 Å². The molecular weight excluding hydrogens is 472 g/mol. The van der Waals surface area contributed by atoms with Crippen molar-refractivity contribution in [3.63, 3.8) is 0 Å². The standard InChI is InChI=1S/C27H30N6O2S/c1-18-8-10-33(11-9-18)17-19-12-21(15-28-14-19)20-4-6-24-23(13-20)26(32-31-24)27(34)30-22-5-7-25(29-16-22)36(2,3)35/h4-7,12-16,18H,2,8-11,17H2,1,3H3,(H,30,34)(H,31,32). The van der Waals surface area contributed by atoms with Gasteiger partial charge in [-0.1, -0.05) is 13.0 Å². The highest BCUT2D eigenvalue weighted by atomic mass is 32.2. The number of hydrogen-bond acceptors (Lipinski definition) is 6. The third-order valence-corrected chi connectivity index (χ3v) is 7.75. The molecule has 0 spiro atoms. The average Bonchev–Trinajstić information content (AvgIpc) is 3.29. The molecule has 8 nitrogen and oxygen atoms in total. The number of fused-ring (bicyclic) bond motifs is 1. The highest BCUT2D eigenvalue weighted by molar-refractivity contribution is 7.99. The quantitative estimate of drug-likeness (QED) is 0.383. The maximum absolute atomic E-state index is 13.0. The van der Waals surface area contributed by atoms with Crippen LogP contribution in [0.4, 0.5) is 5.69 Å². The predicted molar refractivity (Wildman–Crippen MR) is 145 cm³/mol. The smallest absolute Gasteiger partial charge is 0.276 e. The number of amides is 1. The van der Waals surface area contributed by atoms with Crippen LogP contribution < -0.4 is 5.32 Å². The van der Waals surface area contributed by atoms with E-state index in [1.54, 1.807) is 12.1 Å². The maximum Gasteiger partial charge on any atom is 0.276 e. The van der Waals surface area contributed by atoms with E-state index >= 15 is 0 Å². The lowest BCUT2D eigenvalue weighted by molar-refractivity contribution is 0.102. The molecule has 1 amide bonds. The molecule has 4 heterocycles. The van der Waals surface area contributed by atoms with Crippen LogP contribution in [-0.4, -0.2) is 60.4 Å². The predicted octanol–water partition coefficient (Wildman–Crippen LogP) is 4.21. The molecule has 4 aromatic rings. The Morgan fingerprint density at radius 1 is 1.14 bits per heavy atom. The first-order valence-electron chi connectivity index (χ1n) is 12.0. The van der Waals surface area contributed by atoms with Crippen molar-refractivity contribution in [2.24, 2.45) is 5.92 Å². The van der Waals surface area contributed by atoms with Crippen LogP contribution in [0.25, 0.3) is 22.0 Å². The number of H-pyrrole nitrogens is 1. The van der Waals surface area contributed by atoms with E-state index in [0.717, 1.165) is 47.6 Å². The first-order chi connectivity index (χ1) is 17.3. The molecule has 1 saturated heterocycles. The van der Waals surface area contributed by atoms with Crippen molar-refractivity contribution >= 4 is 37.9 Å². The van der Waals surface area contributed by atoms with Crippen LogP contribution >= 0.6 is 0 Å². The van der Waals surface area contributed by atoms with Gasteiger partial charge in [0.05, 0.1) is 17.4 Å². The molecule has 1 aromatic carbocycles. The van der Waals surface area contributed by atoms with Crippen molar-refractivity contribution in [2.45, 2.75) is 31.3 Å². The van der Waals surface area contributed by atoms with Gasteiger partial charge in [-0.25, -0.2) is 4.98 Å². The van der Waals surface area contributed by atoms with E-state index in [1.165, 1.54) is 30.9 Å². The fourth-order valence-electron chi connectivity index (χ4n) is 4.48. The molecule has 36 heavy (non-hydrogen) atoms. The lowest BCUT2D eigenvalue weighted by atomic mass is 9.98. The number of pyridine rings is 2. The summed E-state index contributed by atoms with van der Waals surface area (Å²) in [6.07, 6.45) is 9.27. The Hall–Kier alpha value is -3.56. The molecule has 3 aromatic heterocycles.